The molecule has 0 amide bonds. The van der Waals surface area contributed by atoms with E-state index in [-0.39, 0.29) is 24.2 Å². The first kappa shape index (κ1) is 24.1. The van der Waals surface area contributed by atoms with Crippen molar-refractivity contribution in [2.24, 2.45) is 5.41 Å². The predicted octanol–water partition coefficient (Wildman–Crippen LogP) is 4.00. The first-order chi connectivity index (χ1) is 12.7. The Balaban J connectivity index is 2.61. The predicted molar refractivity (Wildman–Crippen MR) is 107 cm³/mol. The summed E-state index contributed by atoms with van der Waals surface area (Å²) in [4.78, 5) is 24.5. The van der Waals surface area contributed by atoms with Crippen molar-refractivity contribution in [1.29, 1.82) is 0 Å². The fourth-order valence-electron chi connectivity index (χ4n) is 2.86. The second kappa shape index (κ2) is 9.52. The molecule has 6 heteroatoms. The Morgan fingerprint density at radius 3 is 1.82 bits per heavy atom. The molecule has 1 aromatic rings. The minimum Gasteiger partial charge on any atom is -0.460 e. The third kappa shape index (κ3) is 8.85. The number of ether oxygens (including phenoxy) is 3. The Hall–Kier alpha value is -1.92. The van der Waals surface area contributed by atoms with Crippen LogP contribution in [-0.4, -0.2) is 48.1 Å². The first-order valence-corrected chi connectivity index (χ1v) is 9.50. The summed E-state index contributed by atoms with van der Waals surface area (Å²) in [5, 5.41) is 9.42. The molecule has 0 saturated heterocycles. The smallest absolute Gasteiger partial charge is 0.338 e. The summed E-state index contributed by atoms with van der Waals surface area (Å²) < 4.78 is 16.3. The molecule has 1 N–H and O–H groups in total. The van der Waals surface area contributed by atoms with Gasteiger partial charge < -0.3 is 19.3 Å². The van der Waals surface area contributed by atoms with Crippen LogP contribution < -0.4 is 0 Å². The fraction of sp³-hybridized carbons (Fsp3) is 0.636. The van der Waals surface area contributed by atoms with Crippen molar-refractivity contribution in [1.82, 2.24) is 0 Å². The number of carbonyl (C=O) groups is 2. The van der Waals surface area contributed by atoms with Gasteiger partial charge in [0.05, 0.1) is 23.3 Å². The summed E-state index contributed by atoms with van der Waals surface area (Å²) in [6.07, 6.45) is 0.517. The van der Waals surface area contributed by atoms with Crippen LogP contribution >= 0.6 is 0 Å². The van der Waals surface area contributed by atoms with Gasteiger partial charge in [-0.3, -0.25) is 0 Å². The average molecular weight is 395 g/mol. The van der Waals surface area contributed by atoms with E-state index in [0.717, 1.165) is 0 Å². The van der Waals surface area contributed by atoms with Crippen molar-refractivity contribution >= 4 is 11.9 Å². The van der Waals surface area contributed by atoms with Gasteiger partial charge in [0.15, 0.2) is 0 Å². The van der Waals surface area contributed by atoms with Crippen molar-refractivity contribution in [3.63, 3.8) is 0 Å². The third-order valence-corrected chi connectivity index (χ3v) is 3.91. The van der Waals surface area contributed by atoms with Crippen LogP contribution in [0.2, 0.25) is 0 Å². The van der Waals surface area contributed by atoms with Gasteiger partial charge in [-0.2, -0.15) is 0 Å². The van der Waals surface area contributed by atoms with Gasteiger partial charge in [0, 0.05) is 6.61 Å². The molecule has 0 aliphatic heterocycles. The molecule has 0 heterocycles. The minimum atomic E-state index is -0.728. The Labute approximate surface area is 168 Å². The standard InChI is InChI=1S/C22H34O6/c1-20(2,3)27-13-12-26-18(24)16-8-10-17(11-9-16)19(25)28-22(6,7)14-21(4,5)15-23/h8-11,23H,12-15H2,1-7H3. The van der Waals surface area contributed by atoms with E-state index >= 15 is 0 Å². The average Bonchev–Trinajstić information content (AvgIpc) is 2.56. The minimum absolute atomic E-state index is 0.00554. The number of hydrogen-bond acceptors (Lipinski definition) is 6. The van der Waals surface area contributed by atoms with Crippen LogP contribution in [0.3, 0.4) is 0 Å². The van der Waals surface area contributed by atoms with Crippen LogP contribution in [0.4, 0.5) is 0 Å². The molecular weight excluding hydrogens is 360 g/mol. The Morgan fingerprint density at radius 2 is 1.36 bits per heavy atom. The molecule has 0 aliphatic carbocycles. The maximum Gasteiger partial charge on any atom is 0.338 e. The Kier molecular flexibility index (Phi) is 8.20. The maximum atomic E-state index is 12.4. The number of benzene rings is 1. The lowest BCUT2D eigenvalue weighted by atomic mass is 9.82. The summed E-state index contributed by atoms with van der Waals surface area (Å²) in [5.41, 5.74) is -0.660. The van der Waals surface area contributed by atoms with Gasteiger partial charge in [-0.1, -0.05) is 13.8 Å². The van der Waals surface area contributed by atoms with Crippen molar-refractivity contribution in [3.8, 4) is 0 Å². The molecule has 0 aromatic heterocycles. The summed E-state index contributed by atoms with van der Waals surface area (Å²) in [6.45, 7) is 13.7. The molecule has 0 aliphatic rings. The number of aliphatic hydroxyl groups is 1. The van der Waals surface area contributed by atoms with E-state index < -0.39 is 17.5 Å². The van der Waals surface area contributed by atoms with E-state index in [4.69, 9.17) is 14.2 Å². The van der Waals surface area contributed by atoms with Crippen LogP contribution in [-0.2, 0) is 14.2 Å². The molecule has 1 aromatic carbocycles. The van der Waals surface area contributed by atoms with E-state index in [1.165, 1.54) is 24.3 Å². The largest absolute Gasteiger partial charge is 0.460 e. The summed E-state index contributed by atoms with van der Waals surface area (Å²) in [6, 6.07) is 6.15. The lowest BCUT2D eigenvalue weighted by Crippen LogP contribution is -2.35. The third-order valence-electron chi connectivity index (χ3n) is 3.91. The molecule has 0 spiro atoms. The second-order valence-corrected chi connectivity index (χ2v) is 9.32. The van der Waals surface area contributed by atoms with Gasteiger partial charge in [-0.05, 0) is 70.7 Å². The van der Waals surface area contributed by atoms with Crippen LogP contribution in [0.25, 0.3) is 0 Å². The van der Waals surface area contributed by atoms with Gasteiger partial charge in [-0.15, -0.1) is 0 Å². The van der Waals surface area contributed by atoms with E-state index in [2.05, 4.69) is 0 Å². The highest BCUT2D eigenvalue weighted by Crippen LogP contribution is 2.30. The zero-order valence-electron chi connectivity index (χ0n) is 18.1. The second-order valence-electron chi connectivity index (χ2n) is 9.32. The van der Waals surface area contributed by atoms with Crippen molar-refractivity contribution in [3.05, 3.63) is 35.4 Å². The monoisotopic (exact) mass is 394 g/mol. The number of aliphatic hydroxyl groups excluding tert-OH is 1. The van der Waals surface area contributed by atoms with Crippen molar-refractivity contribution in [2.45, 2.75) is 66.1 Å². The van der Waals surface area contributed by atoms with Gasteiger partial charge >= 0.3 is 11.9 Å². The summed E-state index contributed by atoms with van der Waals surface area (Å²) in [5.74, 6) is -0.945. The quantitative estimate of drug-likeness (QED) is 0.503. The molecule has 0 radical (unpaired) electrons. The van der Waals surface area contributed by atoms with Crippen LogP contribution in [0.1, 0.15) is 75.6 Å². The van der Waals surface area contributed by atoms with E-state index in [1.54, 1.807) is 0 Å². The maximum absolute atomic E-state index is 12.4. The zero-order chi connectivity index (χ0) is 21.6. The number of rotatable bonds is 9. The van der Waals surface area contributed by atoms with Gasteiger partial charge in [0.1, 0.15) is 12.2 Å². The number of hydrogen-bond donors (Lipinski definition) is 1. The van der Waals surface area contributed by atoms with Gasteiger partial charge in [0.25, 0.3) is 0 Å². The number of esters is 2. The van der Waals surface area contributed by atoms with Gasteiger partial charge in [-0.25, -0.2) is 9.59 Å². The highest BCUT2D eigenvalue weighted by Gasteiger charge is 2.31. The first-order valence-electron chi connectivity index (χ1n) is 9.50. The van der Waals surface area contributed by atoms with E-state index in [0.29, 0.717) is 24.2 Å². The van der Waals surface area contributed by atoms with Crippen LogP contribution in [0, 0.1) is 5.41 Å². The van der Waals surface area contributed by atoms with Gasteiger partial charge in [0.2, 0.25) is 0 Å². The molecule has 6 nitrogen and oxygen atoms in total. The zero-order valence-corrected chi connectivity index (χ0v) is 18.1. The molecular formula is C22H34O6. The van der Waals surface area contributed by atoms with Crippen molar-refractivity contribution in [2.75, 3.05) is 19.8 Å². The topological polar surface area (TPSA) is 82.1 Å². The summed E-state index contributed by atoms with van der Waals surface area (Å²) >= 11 is 0. The van der Waals surface area contributed by atoms with E-state index in [1.807, 2.05) is 48.5 Å². The van der Waals surface area contributed by atoms with E-state index in [9.17, 15) is 14.7 Å². The fourth-order valence-corrected chi connectivity index (χ4v) is 2.86. The molecule has 0 saturated carbocycles. The lowest BCUT2D eigenvalue weighted by molar-refractivity contribution is -0.0281. The van der Waals surface area contributed by atoms with Crippen LogP contribution in [0.15, 0.2) is 24.3 Å². The summed E-state index contributed by atoms with van der Waals surface area (Å²) in [7, 11) is 0. The molecule has 0 bridgehead atoms. The molecule has 0 unspecified atom stereocenters. The molecule has 0 atom stereocenters. The molecule has 1 rings (SSSR count). The lowest BCUT2D eigenvalue weighted by Gasteiger charge is -2.33. The Bertz CT molecular complexity index is 653. The Morgan fingerprint density at radius 1 is 0.857 bits per heavy atom. The SMILES string of the molecule is CC(C)(CO)CC(C)(C)OC(=O)c1ccc(C(=O)OCCOC(C)(C)C)cc1. The highest BCUT2D eigenvalue weighted by atomic mass is 16.6. The molecule has 158 valence electrons. The normalized spacial score (nSPS) is 12.6. The van der Waals surface area contributed by atoms with Crippen LogP contribution in [0.5, 0.6) is 0 Å². The highest BCUT2D eigenvalue weighted by molar-refractivity contribution is 5.93. The molecule has 28 heavy (non-hydrogen) atoms. The molecule has 0 fully saturated rings. The van der Waals surface area contributed by atoms with Crippen molar-refractivity contribution < 1.29 is 28.9 Å². The number of carbonyl (C=O) groups excluding carboxylic acids is 2.